The number of pyridine rings is 1. The second-order valence-corrected chi connectivity index (χ2v) is 1.71. The molecule has 0 unspecified atom stereocenters. The minimum Gasteiger partial charge on any atom is -0.418 e. The summed E-state index contributed by atoms with van der Waals surface area (Å²) in [4.78, 5) is 3.69. The van der Waals surface area contributed by atoms with Crippen LogP contribution in [0.25, 0.3) is 0 Å². The van der Waals surface area contributed by atoms with E-state index in [1.165, 1.54) is 12.3 Å². The molecule has 0 aliphatic rings. The van der Waals surface area contributed by atoms with Crippen LogP contribution in [0.2, 0.25) is 5.15 Å². The molecule has 0 aliphatic carbocycles. The van der Waals surface area contributed by atoms with Crippen molar-refractivity contribution in [2.75, 3.05) is 5.73 Å². The first kappa shape index (κ1) is 9.34. The number of nitrogens with zero attached hydrogens (tertiary/aromatic N) is 1. The zero-order valence-corrected chi connectivity index (χ0v) is 8.23. The zero-order chi connectivity index (χ0) is 5.98. The molecule has 1 aromatic heterocycles. The van der Waals surface area contributed by atoms with Crippen LogP contribution >= 0.6 is 11.6 Å². The second kappa shape index (κ2) is 4.21. The van der Waals surface area contributed by atoms with Gasteiger partial charge in [-0.25, -0.2) is 0 Å². The third-order valence-corrected chi connectivity index (χ3v) is 0.892. The molecular formula is C5H4ClN2Y-. The van der Waals surface area contributed by atoms with E-state index in [1.807, 2.05) is 0 Å². The average Bonchev–Trinajstić information content (AvgIpc) is 1.77. The molecule has 1 aromatic rings. The van der Waals surface area contributed by atoms with E-state index >= 15 is 0 Å². The maximum Gasteiger partial charge on any atom is 0.0143 e. The van der Waals surface area contributed by atoms with Gasteiger partial charge in [-0.2, -0.15) is 6.07 Å². The molecule has 0 saturated carbocycles. The summed E-state index contributed by atoms with van der Waals surface area (Å²) in [7, 11) is 0. The summed E-state index contributed by atoms with van der Waals surface area (Å²) in [6.07, 6.45) is 1.46. The van der Waals surface area contributed by atoms with Gasteiger partial charge in [-0.1, -0.05) is 11.9 Å². The van der Waals surface area contributed by atoms with Crippen molar-refractivity contribution in [2.24, 2.45) is 0 Å². The molecule has 0 bridgehead atoms. The van der Waals surface area contributed by atoms with Crippen LogP contribution in [-0.4, -0.2) is 4.98 Å². The molecule has 0 fully saturated rings. The van der Waals surface area contributed by atoms with E-state index in [0.29, 0.717) is 10.8 Å². The summed E-state index contributed by atoms with van der Waals surface area (Å²) >= 11 is 5.41. The number of hydrogen-bond acceptors (Lipinski definition) is 2. The molecule has 0 amide bonds. The molecule has 0 saturated heterocycles. The maximum atomic E-state index is 5.41. The molecule has 0 spiro atoms. The molecule has 9 heavy (non-hydrogen) atoms. The second-order valence-electron chi connectivity index (χ2n) is 1.32. The van der Waals surface area contributed by atoms with E-state index in [1.54, 1.807) is 0 Å². The Morgan fingerprint density at radius 3 is 2.67 bits per heavy atom. The van der Waals surface area contributed by atoms with Crippen molar-refractivity contribution in [3.8, 4) is 0 Å². The molecule has 0 aliphatic heterocycles. The summed E-state index contributed by atoms with van der Waals surface area (Å²) in [5.74, 6) is 0. The number of rotatable bonds is 0. The molecule has 1 rings (SSSR count). The Labute approximate surface area is 83.7 Å². The first-order valence-corrected chi connectivity index (χ1v) is 2.45. The van der Waals surface area contributed by atoms with Gasteiger partial charge in [-0.3, -0.25) is 0 Å². The monoisotopic (exact) mass is 216 g/mol. The summed E-state index contributed by atoms with van der Waals surface area (Å²) < 4.78 is 0. The molecule has 0 aromatic carbocycles. The van der Waals surface area contributed by atoms with Gasteiger partial charge in [0.15, 0.2) is 0 Å². The van der Waals surface area contributed by atoms with Crippen LogP contribution in [0.1, 0.15) is 0 Å². The van der Waals surface area contributed by atoms with Gasteiger partial charge in [-0.15, -0.1) is 17.7 Å². The number of halogens is 1. The molecule has 0 atom stereocenters. The van der Waals surface area contributed by atoms with Crippen molar-refractivity contribution in [1.29, 1.82) is 0 Å². The molecule has 2 N–H and O–H groups in total. The van der Waals surface area contributed by atoms with E-state index in [9.17, 15) is 0 Å². The number of nitrogens with two attached hydrogens (primary N) is 1. The Kier molecular flexibility index (Phi) is 4.37. The Balaban J connectivity index is 0.000000640. The number of hydrogen-bond donors (Lipinski definition) is 1. The Bertz CT molecular complexity index is 154. The van der Waals surface area contributed by atoms with E-state index in [4.69, 9.17) is 17.3 Å². The summed E-state index contributed by atoms with van der Waals surface area (Å²) in [5.41, 5.74) is 5.76. The van der Waals surface area contributed by atoms with Crippen LogP contribution in [0, 0.1) is 6.07 Å². The normalized spacial score (nSPS) is 8.11. The van der Waals surface area contributed by atoms with Crippen molar-refractivity contribution >= 4 is 17.3 Å². The predicted octanol–water partition coefficient (Wildman–Crippen LogP) is 1.11. The number of anilines is 1. The van der Waals surface area contributed by atoms with Gasteiger partial charge in [0.2, 0.25) is 0 Å². The molecule has 4 heteroatoms. The van der Waals surface area contributed by atoms with Crippen LogP contribution in [0.15, 0.2) is 12.3 Å². The van der Waals surface area contributed by atoms with E-state index in [2.05, 4.69) is 11.1 Å². The zero-order valence-electron chi connectivity index (χ0n) is 4.63. The van der Waals surface area contributed by atoms with E-state index in [0.717, 1.165) is 0 Å². The Morgan fingerprint density at radius 2 is 2.33 bits per heavy atom. The van der Waals surface area contributed by atoms with Gasteiger partial charge in [0.05, 0.1) is 0 Å². The smallest absolute Gasteiger partial charge is 0.0143 e. The van der Waals surface area contributed by atoms with Crippen molar-refractivity contribution in [2.45, 2.75) is 0 Å². The first-order chi connectivity index (χ1) is 3.79. The molecule has 2 nitrogen and oxygen atoms in total. The van der Waals surface area contributed by atoms with Crippen LogP contribution in [-0.2, 0) is 32.7 Å². The van der Waals surface area contributed by atoms with Gasteiger partial charge in [0.1, 0.15) is 0 Å². The van der Waals surface area contributed by atoms with Crippen LogP contribution in [0.4, 0.5) is 5.69 Å². The third kappa shape index (κ3) is 3.14. The SMILES string of the molecule is Nc1[c-]cc(Cl)nc1.[Y]. The largest absolute Gasteiger partial charge is 0.418 e. The van der Waals surface area contributed by atoms with E-state index < -0.39 is 0 Å². The number of nitrogen functional groups attached to an aromatic ring is 1. The fourth-order valence-corrected chi connectivity index (χ4v) is 0.452. The van der Waals surface area contributed by atoms with Crippen molar-refractivity contribution in [3.63, 3.8) is 0 Å². The topological polar surface area (TPSA) is 38.9 Å². The third-order valence-electron chi connectivity index (χ3n) is 0.685. The minimum atomic E-state index is 0. The van der Waals surface area contributed by atoms with Crippen molar-refractivity contribution < 1.29 is 32.7 Å². The van der Waals surface area contributed by atoms with Crippen molar-refractivity contribution in [1.82, 2.24) is 4.98 Å². The standard InChI is InChI=1S/C5H4ClN2.Y/c6-5-2-1-4(7)3-8-5;/h2-3H,7H2;/q-1;. The summed E-state index contributed by atoms with van der Waals surface area (Å²) in [6.45, 7) is 0. The Hall–Kier alpha value is 0.344. The number of aromatic nitrogens is 1. The average molecular weight is 216 g/mol. The fraction of sp³-hybridized carbons (Fsp3) is 0. The van der Waals surface area contributed by atoms with Gasteiger partial charge >= 0.3 is 0 Å². The fourth-order valence-electron chi connectivity index (χ4n) is 0.349. The molecule has 45 valence electrons. The molecule has 1 heterocycles. The minimum absolute atomic E-state index is 0. The van der Waals surface area contributed by atoms with Gasteiger partial charge in [0, 0.05) is 37.9 Å². The van der Waals surface area contributed by atoms with Crippen LogP contribution in [0.5, 0.6) is 0 Å². The van der Waals surface area contributed by atoms with Gasteiger partial charge in [-0.05, 0) is 0 Å². The molecule has 1 radical (unpaired) electrons. The Morgan fingerprint density at radius 1 is 1.67 bits per heavy atom. The predicted molar refractivity (Wildman–Crippen MR) is 32.5 cm³/mol. The van der Waals surface area contributed by atoms with Crippen LogP contribution in [0.3, 0.4) is 0 Å². The maximum absolute atomic E-state index is 5.41. The van der Waals surface area contributed by atoms with Gasteiger partial charge < -0.3 is 10.7 Å². The summed E-state index contributed by atoms with van der Waals surface area (Å²) in [6, 6.07) is 4.21. The van der Waals surface area contributed by atoms with E-state index in [-0.39, 0.29) is 32.7 Å². The van der Waals surface area contributed by atoms with Crippen LogP contribution < -0.4 is 5.73 Å². The summed E-state index contributed by atoms with van der Waals surface area (Å²) in [5, 5.41) is 0.416. The quantitative estimate of drug-likeness (QED) is 0.521. The molecular weight excluding hydrogens is 212 g/mol. The van der Waals surface area contributed by atoms with Gasteiger partial charge in [0.25, 0.3) is 0 Å². The first-order valence-electron chi connectivity index (χ1n) is 2.08. The van der Waals surface area contributed by atoms with Crippen molar-refractivity contribution in [3.05, 3.63) is 23.5 Å².